The standard InChI is InChI=1S/C40H35BN2/c1-3-7-29-24(5-1)18-33-39-31(29)9-11-42(39)35-20-28(37-26-14-22-13-23(16-26)17-27(37)15-22)21-36-38(35)41(33)34-19-25-6-2-4-8-30(25)32-10-12-43(36)40(32)34/h1-8,18-23,26-27,37H,9-17H2. The normalized spacial score (nSPS) is 28.2. The minimum atomic E-state index is 0.304. The fourth-order valence-electron chi connectivity index (χ4n) is 12.1. The Labute approximate surface area is 253 Å². The van der Waals surface area contributed by atoms with Crippen LogP contribution >= 0.6 is 0 Å². The average Bonchev–Trinajstić information content (AvgIpc) is 3.67. The molecule has 208 valence electrons. The molecule has 0 amide bonds. The van der Waals surface area contributed by atoms with Crippen molar-refractivity contribution in [1.29, 1.82) is 0 Å². The van der Waals surface area contributed by atoms with Crippen molar-refractivity contribution in [2.75, 3.05) is 22.9 Å². The molecule has 0 spiro atoms. The van der Waals surface area contributed by atoms with E-state index in [1.54, 1.807) is 44.5 Å². The second-order valence-corrected chi connectivity index (χ2v) is 15.2. The predicted molar refractivity (Wildman–Crippen MR) is 180 cm³/mol. The van der Waals surface area contributed by atoms with Crippen LogP contribution in [0.5, 0.6) is 0 Å². The smallest absolute Gasteiger partial charge is 0.252 e. The van der Waals surface area contributed by atoms with E-state index in [-0.39, 0.29) is 0 Å². The average molecular weight is 555 g/mol. The minimum Gasteiger partial charge on any atom is -0.342 e. The SMILES string of the molecule is c1ccc2c3c4c(cc2c1)B1c2cc5ccccc5c5c2N(CC5)c2cc(C5C6CC7CC(C6)CC5C7)cc(c21)N4CC3. The molecule has 3 heteroatoms. The fraction of sp³-hybridized carbons (Fsp3) is 0.350. The molecule has 43 heavy (non-hydrogen) atoms. The molecule has 0 aromatic heterocycles. The maximum Gasteiger partial charge on any atom is 0.252 e. The highest BCUT2D eigenvalue weighted by molar-refractivity contribution is 7.00. The van der Waals surface area contributed by atoms with Crippen LogP contribution in [0.4, 0.5) is 22.7 Å². The molecule has 0 saturated heterocycles. The monoisotopic (exact) mass is 554 g/mol. The molecule has 4 fully saturated rings. The zero-order chi connectivity index (χ0) is 27.6. The zero-order valence-corrected chi connectivity index (χ0v) is 24.7. The Hall–Kier alpha value is -3.72. The van der Waals surface area contributed by atoms with Crippen LogP contribution in [-0.2, 0) is 12.8 Å². The summed E-state index contributed by atoms with van der Waals surface area (Å²) in [6.07, 6.45) is 9.76. The molecular formula is C40H35BN2. The van der Waals surface area contributed by atoms with Gasteiger partial charge in [0.1, 0.15) is 0 Å². The lowest BCUT2D eigenvalue weighted by molar-refractivity contribution is -0.00274. The van der Waals surface area contributed by atoms with Gasteiger partial charge in [0.25, 0.3) is 6.71 Å². The molecule has 4 heterocycles. The summed E-state index contributed by atoms with van der Waals surface area (Å²) < 4.78 is 0. The third kappa shape index (κ3) is 2.71. The van der Waals surface area contributed by atoms with E-state index < -0.39 is 0 Å². The second-order valence-electron chi connectivity index (χ2n) is 15.2. The number of anilines is 4. The second kappa shape index (κ2) is 7.67. The molecule has 8 aliphatic rings. The van der Waals surface area contributed by atoms with Crippen molar-refractivity contribution in [1.82, 2.24) is 0 Å². The lowest BCUT2D eigenvalue weighted by Gasteiger charge is -2.55. The van der Waals surface area contributed by atoms with Gasteiger partial charge < -0.3 is 9.80 Å². The molecule has 0 N–H and O–H groups in total. The molecule has 0 unspecified atom stereocenters. The number of benzene rings is 5. The molecule has 2 nitrogen and oxygen atoms in total. The summed E-state index contributed by atoms with van der Waals surface area (Å²) in [7, 11) is 0. The molecular weight excluding hydrogens is 519 g/mol. The Kier molecular flexibility index (Phi) is 4.06. The maximum atomic E-state index is 2.77. The Morgan fingerprint density at radius 2 is 1.09 bits per heavy atom. The van der Waals surface area contributed by atoms with Crippen molar-refractivity contribution >= 4 is 67.4 Å². The van der Waals surface area contributed by atoms with Crippen LogP contribution in [0.25, 0.3) is 21.5 Å². The van der Waals surface area contributed by atoms with Gasteiger partial charge in [-0.15, -0.1) is 0 Å². The molecule has 0 radical (unpaired) electrons. The van der Waals surface area contributed by atoms with Gasteiger partial charge in [-0.1, -0.05) is 60.7 Å². The zero-order valence-electron chi connectivity index (χ0n) is 24.7. The summed E-state index contributed by atoms with van der Waals surface area (Å²) in [5.41, 5.74) is 15.7. The van der Waals surface area contributed by atoms with E-state index in [4.69, 9.17) is 0 Å². The Morgan fingerprint density at radius 3 is 1.63 bits per heavy atom. The third-order valence-corrected chi connectivity index (χ3v) is 13.3. The van der Waals surface area contributed by atoms with Crippen LogP contribution in [0.3, 0.4) is 0 Å². The number of rotatable bonds is 1. The molecule has 4 saturated carbocycles. The van der Waals surface area contributed by atoms with Gasteiger partial charge in [-0.2, -0.15) is 0 Å². The molecule has 0 atom stereocenters. The highest BCUT2D eigenvalue weighted by Gasteiger charge is 2.51. The predicted octanol–water partition coefficient (Wildman–Crippen LogP) is 7.06. The van der Waals surface area contributed by atoms with Gasteiger partial charge >= 0.3 is 0 Å². The molecule has 13 rings (SSSR count). The van der Waals surface area contributed by atoms with Crippen molar-refractivity contribution < 1.29 is 0 Å². The molecule has 4 aliphatic carbocycles. The maximum absolute atomic E-state index is 2.77. The fourth-order valence-corrected chi connectivity index (χ4v) is 12.1. The number of fused-ring (bicyclic) bond motifs is 8. The van der Waals surface area contributed by atoms with Gasteiger partial charge in [-0.05, 0) is 141 Å². The van der Waals surface area contributed by atoms with E-state index in [0.717, 1.165) is 55.5 Å². The topological polar surface area (TPSA) is 6.48 Å². The van der Waals surface area contributed by atoms with Crippen LogP contribution in [0.15, 0.2) is 72.8 Å². The Morgan fingerprint density at radius 1 is 0.581 bits per heavy atom. The van der Waals surface area contributed by atoms with Crippen molar-refractivity contribution in [3.05, 3.63) is 89.5 Å². The van der Waals surface area contributed by atoms with Crippen LogP contribution < -0.4 is 26.2 Å². The van der Waals surface area contributed by atoms with Crippen molar-refractivity contribution in [3.63, 3.8) is 0 Å². The number of nitrogens with zero attached hydrogens (tertiary/aromatic N) is 2. The molecule has 5 aromatic rings. The largest absolute Gasteiger partial charge is 0.342 e. The summed E-state index contributed by atoms with van der Waals surface area (Å²) in [6.45, 7) is 2.52. The summed E-state index contributed by atoms with van der Waals surface area (Å²) >= 11 is 0. The van der Waals surface area contributed by atoms with Gasteiger partial charge in [0, 0.05) is 35.8 Å². The van der Waals surface area contributed by atoms with Gasteiger partial charge in [-0.25, -0.2) is 0 Å². The van der Waals surface area contributed by atoms with Gasteiger partial charge in [0.15, 0.2) is 0 Å². The highest BCUT2D eigenvalue weighted by atomic mass is 15.2. The van der Waals surface area contributed by atoms with E-state index in [9.17, 15) is 0 Å². The van der Waals surface area contributed by atoms with Gasteiger partial charge in [-0.3, -0.25) is 0 Å². The van der Waals surface area contributed by atoms with E-state index in [1.807, 2.05) is 0 Å². The summed E-state index contributed by atoms with van der Waals surface area (Å²) in [5, 5.41) is 5.75. The van der Waals surface area contributed by atoms with Crippen LogP contribution in [0.2, 0.25) is 0 Å². The first kappa shape index (κ1) is 22.8. The lowest BCUT2D eigenvalue weighted by atomic mass is 9.33. The van der Waals surface area contributed by atoms with E-state index in [0.29, 0.717) is 6.71 Å². The third-order valence-electron chi connectivity index (χ3n) is 13.3. The van der Waals surface area contributed by atoms with Crippen LogP contribution in [0, 0.1) is 23.7 Å². The number of hydrogen-bond donors (Lipinski definition) is 0. The van der Waals surface area contributed by atoms with E-state index >= 15 is 0 Å². The molecule has 4 bridgehead atoms. The Balaban J connectivity index is 1.17. The first-order valence-corrected chi connectivity index (χ1v) is 17.1. The first-order chi connectivity index (χ1) is 21.3. The van der Waals surface area contributed by atoms with E-state index in [1.165, 1.54) is 65.0 Å². The summed E-state index contributed by atoms with van der Waals surface area (Å²) in [4.78, 5) is 5.55. The summed E-state index contributed by atoms with van der Waals surface area (Å²) in [6, 6.07) is 29.0. The first-order valence-electron chi connectivity index (χ1n) is 17.1. The van der Waals surface area contributed by atoms with Crippen molar-refractivity contribution in [2.24, 2.45) is 23.7 Å². The van der Waals surface area contributed by atoms with Gasteiger partial charge in [0.2, 0.25) is 0 Å². The van der Waals surface area contributed by atoms with E-state index in [2.05, 4.69) is 82.6 Å². The summed E-state index contributed by atoms with van der Waals surface area (Å²) in [5.74, 6) is 4.59. The van der Waals surface area contributed by atoms with Gasteiger partial charge in [0.05, 0.1) is 0 Å². The van der Waals surface area contributed by atoms with Crippen LogP contribution in [0.1, 0.15) is 54.7 Å². The quantitative estimate of drug-likeness (QED) is 0.205. The molecule has 4 aliphatic heterocycles. The van der Waals surface area contributed by atoms with Crippen LogP contribution in [-0.4, -0.2) is 19.8 Å². The Bertz CT molecular complexity index is 1940. The number of hydrogen-bond acceptors (Lipinski definition) is 2. The highest BCUT2D eigenvalue weighted by Crippen LogP contribution is 2.60. The molecule has 5 aromatic carbocycles. The minimum absolute atomic E-state index is 0.304. The lowest BCUT2D eigenvalue weighted by Crippen LogP contribution is -2.61. The van der Waals surface area contributed by atoms with Crippen molar-refractivity contribution in [3.8, 4) is 0 Å². The van der Waals surface area contributed by atoms with Crippen molar-refractivity contribution in [2.45, 2.75) is 50.9 Å².